The molecule has 2 rings (SSSR count). The fourth-order valence-corrected chi connectivity index (χ4v) is 3.36. The number of ether oxygens (including phenoxy) is 1. The van der Waals surface area contributed by atoms with Gasteiger partial charge in [0.15, 0.2) is 0 Å². The molecule has 0 aromatic carbocycles. The van der Waals surface area contributed by atoms with E-state index in [2.05, 4.69) is 23.7 Å². The van der Waals surface area contributed by atoms with E-state index in [-0.39, 0.29) is 17.9 Å². The number of urea groups is 1. The SMILES string of the molecule is COC(=O)[C@@]1(C)CCN(C(=O)NC[C@H](C)c2ccsc2)C1. The highest BCUT2D eigenvalue weighted by molar-refractivity contribution is 7.07. The number of amides is 2. The zero-order chi connectivity index (χ0) is 15.5. The number of thiophene rings is 1. The first-order valence-corrected chi connectivity index (χ1v) is 8.04. The van der Waals surface area contributed by atoms with E-state index in [0.717, 1.165) is 0 Å². The molecular weight excluding hydrogens is 288 g/mol. The van der Waals surface area contributed by atoms with Crippen molar-refractivity contribution in [1.82, 2.24) is 10.2 Å². The summed E-state index contributed by atoms with van der Waals surface area (Å²) in [7, 11) is 1.39. The Morgan fingerprint density at radius 3 is 2.95 bits per heavy atom. The first-order valence-electron chi connectivity index (χ1n) is 7.09. The number of carbonyl (C=O) groups is 2. The minimum Gasteiger partial charge on any atom is -0.469 e. The first kappa shape index (κ1) is 15.8. The summed E-state index contributed by atoms with van der Waals surface area (Å²) < 4.78 is 4.82. The van der Waals surface area contributed by atoms with Gasteiger partial charge in [0.2, 0.25) is 0 Å². The van der Waals surface area contributed by atoms with E-state index >= 15 is 0 Å². The fraction of sp³-hybridized carbons (Fsp3) is 0.600. The van der Waals surface area contributed by atoms with Gasteiger partial charge in [0.25, 0.3) is 0 Å². The molecule has 6 heteroatoms. The molecule has 0 saturated carbocycles. The molecule has 1 fully saturated rings. The number of hydrogen-bond acceptors (Lipinski definition) is 4. The molecule has 0 aliphatic carbocycles. The lowest BCUT2D eigenvalue weighted by Gasteiger charge is -2.22. The minimum absolute atomic E-state index is 0.107. The Hall–Kier alpha value is -1.56. The second-order valence-electron chi connectivity index (χ2n) is 5.87. The number of carbonyl (C=O) groups excluding carboxylic acids is 2. The number of nitrogens with one attached hydrogen (secondary N) is 1. The zero-order valence-corrected chi connectivity index (χ0v) is 13.5. The maximum absolute atomic E-state index is 12.2. The van der Waals surface area contributed by atoms with Gasteiger partial charge in [-0.15, -0.1) is 0 Å². The number of likely N-dealkylation sites (tertiary alicyclic amines) is 1. The molecule has 1 aliphatic heterocycles. The summed E-state index contributed by atoms with van der Waals surface area (Å²) in [6, 6.07) is 1.97. The van der Waals surface area contributed by atoms with Crippen molar-refractivity contribution in [3.63, 3.8) is 0 Å². The van der Waals surface area contributed by atoms with Crippen molar-refractivity contribution < 1.29 is 14.3 Å². The molecule has 1 N–H and O–H groups in total. The Morgan fingerprint density at radius 1 is 1.57 bits per heavy atom. The van der Waals surface area contributed by atoms with Gasteiger partial charge in [0.1, 0.15) is 0 Å². The van der Waals surface area contributed by atoms with E-state index in [1.165, 1.54) is 12.7 Å². The molecule has 1 aromatic rings. The van der Waals surface area contributed by atoms with Crippen LogP contribution < -0.4 is 5.32 Å². The number of methoxy groups -OCH3 is 1. The van der Waals surface area contributed by atoms with Crippen LogP contribution in [0.5, 0.6) is 0 Å². The van der Waals surface area contributed by atoms with Gasteiger partial charge in [-0.05, 0) is 41.7 Å². The molecule has 116 valence electrons. The normalized spacial score (nSPS) is 22.9. The number of nitrogens with zero attached hydrogens (tertiary/aromatic N) is 1. The van der Waals surface area contributed by atoms with Gasteiger partial charge in [-0.25, -0.2) is 4.79 Å². The maximum atomic E-state index is 12.2. The molecule has 2 atom stereocenters. The van der Waals surface area contributed by atoms with Crippen LogP contribution in [-0.4, -0.2) is 43.6 Å². The Morgan fingerprint density at radius 2 is 2.33 bits per heavy atom. The quantitative estimate of drug-likeness (QED) is 0.869. The van der Waals surface area contributed by atoms with Crippen LogP contribution in [0.15, 0.2) is 16.8 Å². The summed E-state index contributed by atoms with van der Waals surface area (Å²) in [6.07, 6.45) is 0.646. The van der Waals surface area contributed by atoms with Crippen LogP contribution in [0, 0.1) is 5.41 Å². The van der Waals surface area contributed by atoms with Crippen molar-refractivity contribution in [2.75, 3.05) is 26.7 Å². The van der Waals surface area contributed by atoms with E-state index in [9.17, 15) is 9.59 Å². The highest BCUT2D eigenvalue weighted by atomic mass is 32.1. The molecule has 5 nitrogen and oxygen atoms in total. The highest BCUT2D eigenvalue weighted by Gasteiger charge is 2.42. The molecule has 0 spiro atoms. The Labute approximate surface area is 129 Å². The molecule has 0 bridgehead atoms. The lowest BCUT2D eigenvalue weighted by Crippen LogP contribution is -2.42. The van der Waals surface area contributed by atoms with Gasteiger partial charge < -0.3 is 15.0 Å². The Kier molecular flexibility index (Phi) is 4.88. The molecule has 0 unspecified atom stereocenters. The molecule has 1 aromatic heterocycles. The lowest BCUT2D eigenvalue weighted by molar-refractivity contribution is -0.150. The smallest absolute Gasteiger partial charge is 0.317 e. The summed E-state index contributed by atoms with van der Waals surface area (Å²) in [5.41, 5.74) is 0.659. The molecule has 2 heterocycles. The second kappa shape index (κ2) is 6.47. The summed E-state index contributed by atoms with van der Waals surface area (Å²) in [6.45, 7) is 5.54. The average Bonchev–Trinajstić information content (AvgIpc) is 3.13. The standard InChI is InChI=1S/C15H22N2O3S/c1-11(12-4-7-21-9-12)8-16-14(19)17-6-5-15(2,10-17)13(18)20-3/h4,7,9,11H,5-6,8,10H2,1-3H3,(H,16,19)/t11-,15-/m0/s1. The van der Waals surface area contributed by atoms with Crippen molar-refractivity contribution in [3.05, 3.63) is 22.4 Å². The van der Waals surface area contributed by atoms with Crippen LogP contribution in [0.4, 0.5) is 4.79 Å². The molecule has 1 aliphatic rings. The van der Waals surface area contributed by atoms with Gasteiger partial charge in [-0.1, -0.05) is 6.92 Å². The van der Waals surface area contributed by atoms with Crippen LogP contribution in [0.3, 0.4) is 0 Å². The minimum atomic E-state index is -0.578. The summed E-state index contributed by atoms with van der Waals surface area (Å²) in [4.78, 5) is 25.6. The van der Waals surface area contributed by atoms with Crippen LogP contribution >= 0.6 is 11.3 Å². The lowest BCUT2D eigenvalue weighted by atomic mass is 9.90. The van der Waals surface area contributed by atoms with Gasteiger partial charge >= 0.3 is 12.0 Å². The fourth-order valence-electron chi connectivity index (χ4n) is 2.57. The maximum Gasteiger partial charge on any atom is 0.317 e. The van der Waals surface area contributed by atoms with Crippen LogP contribution in [0.1, 0.15) is 31.7 Å². The van der Waals surface area contributed by atoms with Crippen LogP contribution in [-0.2, 0) is 9.53 Å². The van der Waals surface area contributed by atoms with Crippen molar-refractivity contribution in [2.24, 2.45) is 5.41 Å². The predicted molar refractivity (Wildman–Crippen MR) is 82.4 cm³/mol. The van der Waals surface area contributed by atoms with Gasteiger partial charge in [-0.3, -0.25) is 4.79 Å². The number of hydrogen-bond donors (Lipinski definition) is 1. The van der Waals surface area contributed by atoms with E-state index in [4.69, 9.17) is 4.74 Å². The summed E-state index contributed by atoms with van der Waals surface area (Å²) >= 11 is 1.66. The van der Waals surface area contributed by atoms with Gasteiger partial charge in [0.05, 0.1) is 12.5 Å². The van der Waals surface area contributed by atoms with Gasteiger partial charge in [-0.2, -0.15) is 11.3 Å². The third kappa shape index (κ3) is 3.56. The molecule has 0 radical (unpaired) electrons. The van der Waals surface area contributed by atoms with E-state index < -0.39 is 5.41 Å². The Balaban J connectivity index is 1.84. The van der Waals surface area contributed by atoms with Crippen LogP contribution in [0.2, 0.25) is 0 Å². The molecule has 2 amide bonds. The third-order valence-electron chi connectivity index (χ3n) is 4.11. The zero-order valence-electron chi connectivity index (χ0n) is 12.7. The Bertz CT molecular complexity index is 503. The van der Waals surface area contributed by atoms with E-state index in [1.807, 2.05) is 12.3 Å². The van der Waals surface area contributed by atoms with Crippen molar-refractivity contribution in [1.29, 1.82) is 0 Å². The van der Waals surface area contributed by atoms with Crippen molar-refractivity contribution >= 4 is 23.3 Å². The molecule has 1 saturated heterocycles. The van der Waals surface area contributed by atoms with Crippen LogP contribution in [0.25, 0.3) is 0 Å². The monoisotopic (exact) mass is 310 g/mol. The molecule has 21 heavy (non-hydrogen) atoms. The largest absolute Gasteiger partial charge is 0.469 e. The summed E-state index contributed by atoms with van der Waals surface area (Å²) in [5.74, 6) is 0.0410. The number of esters is 1. The third-order valence-corrected chi connectivity index (χ3v) is 4.81. The topological polar surface area (TPSA) is 58.6 Å². The number of rotatable bonds is 4. The average molecular weight is 310 g/mol. The van der Waals surface area contributed by atoms with E-state index in [1.54, 1.807) is 16.2 Å². The first-order chi connectivity index (χ1) is 9.96. The van der Waals surface area contributed by atoms with E-state index in [0.29, 0.717) is 26.1 Å². The van der Waals surface area contributed by atoms with Crippen molar-refractivity contribution in [2.45, 2.75) is 26.2 Å². The summed E-state index contributed by atoms with van der Waals surface area (Å²) in [5, 5.41) is 7.08. The predicted octanol–water partition coefficient (Wildman–Crippen LogP) is 2.45. The van der Waals surface area contributed by atoms with Gasteiger partial charge in [0, 0.05) is 19.6 Å². The highest BCUT2D eigenvalue weighted by Crippen LogP contribution is 2.31. The van der Waals surface area contributed by atoms with Crippen molar-refractivity contribution in [3.8, 4) is 0 Å². The second-order valence-corrected chi connectivity index (χ2v) is 6.65. The molecular formula is C15H22N2O3S.